The Morgan fingerprint density at radius 3 is 2.52 bits per heavy atom. The SMILES string of the molecule is COc1ccc(NC(=O)NC(CC(N)=O)C(=O)O)cc1C. The van der Waals surface area contributed by atoms with Gasteiger partial charge in [-0.15, -0.1) is 0 Å². The van der Waals surface area contributed by atoms with Gasteiger partial charge in [0, 0.05) is 5.69 Å². The monoisotopic (exact) mass is 295 g/mol. The minimum atomic E-state index is -1.37. The molecule has 0 heterocycles. The van der Waals surface area contributed by atoms with E-state index in [0.717, 1.165) is 5.56 Å². The molecule has 1 aromatic carbocycles. The summed E-state index contributed by atoms with van der Waals surface area (Å²) < 4.78 is 5.09. The van der Waals surface area contributed by atoms with Gasteiger partial charge in [-0.25, -0.2) is 9.59 Å². The summed E-state index contributed by atoms with van der Waals surface area (Å²) in [5.74, 6) is -1.49. The second-order valence-electron chi connectivity index (χ2n) is 4.34. The van der Waals surface area contributed by atoms with Crippen molar-refractivity contribution in [2.75, 3.05) is 12.4 Å². The van der Waals surface area contributed by atoms with Crippen molar-refractivity contribution in [3.05, 3.63) is 23.8 Å². The zero-order chi connectivity index (χ0) is 16.0. The maximum atomic E-state index is 11.7. The first kappa shape index (κ1) is 16.3. The Kier molecular flexibility index (Phi) is 5.53. The number of hydrogen-bond acceptors (Lipinski definition) is 4. The average Bonchev–Trinajstić information content (AvgIpc) is 2.37. The zero-order valence-electron chi connectivity index (χ0n) is 11.7. The van der Waals surface area contributed by atoms with Gasteiger partial charge in [0.25, 0.3) is 0 Å². The number of ether oxygens (including phenoxy) is 1. The van der Waals surface area contributed by atoms with E-state index in [1.165, 1.54) is 7.11 Å². The van der Waals surface area contributed by atoms with Gasteiger partial charge in [0.2, 0.25) is 5.91 Å². The number of benzene rings is 1. The highest BCUT2D eigenvalue weighted by molar-refractivity contribution is 5.93. The summed E-state index contributed by atoms with van der Waals surface area (Å²) in [6.45, 7) is 1.80. The van der Waals surface area contributed by atoms with Crippen molar-refractivity contribution >= 4 is 23.6 Å². The van der Waals surface area contributed by atoms with Gasteiger partial charge in [-0.2, -0.15) is 0 Å². The van der Waals surface area contributed by atoms with E-state index in [4.69, 9.17) is 15.6 Å². The molecule has 5 N–H and O–H groups in total. The number of hydrogen-bond donors (Lipinski definition) is 4. The molecule has 0 spiro atoms. The number of primary amides is 1. The van der Waals surface area contributed by atoms with Gasteiger partial charge in [-0.05, 0) is 30.7 Å². The molecular weight excluding hydrogens is 278 g/mol. The van der Waals surface area contributed by atoms with E-state index in [9.17, 15) is 14.4 Å². The lowest BCUT2D eigenvalue weighted by Gasteiger charge is -2.14. The average molecular weight is 295 g/mol. The first-order valence-electron chi connectivity index (χ1n) is 6.06. The van der Waals surface area contributed by atoms with E-state index in [2.05, 4.69) is 10.6 Å². The quantitative estimate of drug-likeness (QED) is 0.605. The number of nitrogens with two attached hydrogens (primary N) is 1. The van der Waals surface area contributed by atoms with Crippen molar-refractivity contribution in [1.29, 1.82) is 0 Å². The molecular formula is C13H17N3O5. The minimum Gasteiger partial charge on any atom is -0.496 e. The van der Waals surface area contributed by atoms with Crippen molar-refractivity contribution in [3.63, 3.8) is 0 Å². The molecule has 8 heteroatoms. The van der Waals surface area contributed by atoms with E-state index >= 15 is 0 Å². The first-order chi connectivity index (χ1) is 9.83. The van der Waals surface area contributed by atoms with Crippen LogP contribution in [0.25, 0.3) is 0 Å². The molecule has 1 rings (SSSR count). The van der Waals surface area contributed by atoms with Crippen LogP contribution in [0.3, 0.4) is 0 Å². The molecule has 114 valence electrons. The lowest BCUT2D eigenvalue weighted by molar-refractivity contribution is -0.140. The molecule has 0 aromatic heterocycles. The summed E-state index contributed by atoms with van der Waals surface area (Å²) in [6.07, 6.45) is -0.482. The highest BCUT2D eigenvalue weighted by Gasteiger charge is 2.22. The summed E-state index contributed by atoms with van der Waals surface area (Å²) in [4.78, 5) is 33.3. The molecule has 0 aliphatic carbocycles. The van der Waals surface area contributed by atoms with Crippen molar-refractivity contribution in [1.82, 2.24) is 5.32 Å². The molecule has 1 aromatic rings. The zero-order valence-corrected chi connectivity index (χ0v) is 11.7. The molecule has 8 nitrogen and oxygen atoms in total. The summed E-state index contributed by atoms with van der Waals surface area (Å²) in [6, 6.07) is 2.83. The van der Waals surface area contributed by atoms with Crippen LogP contribution in [0.1, 0.15) is 12.0 Å². The van der Waals surface area contributed by atoms with Gasteiger partial charge in [0.15, 0.2) is 0 Å². The Balaban J connectivity index is 2.69. The topological polar surface area (TPSA) is 131 Å². The predicted molar refractivity (Wildman–Crippen MR) is 75.1 cm³/mol. The number of urea groups is 1. The number of carboxylic acids is 1. The fraction of sp³-hybridized carbons (Fsp3) is 0.308. The van der Waals surface area contributed by atoms with Crippen LogP contribution >= 0.6 is 0 Å². The van der Waals surface area contributed by atoms with Crippen LogP contribution in [0, 0.1) is 6.92 Å². The summed E-state index contributed by atoms with van der Waals surface area (Å²) in [5, 5.41) is 13.5. The second-order valence-corrected chi connectivity index (χ2v) is 4.34. The fourth-order valence-electron chi connectivity index (χ4n) is 1.68. The van der Waals surface area contributed by atoms with Gasteiger partial charge >= 0.3 is 12.0 Å². The predicted octanol–water partition coefficient (Wildman–Crippen LogP) is 0.454. The second kappa shape index (κ2) is 7.13. The molecule has 0 fully saturated rings. The molecule has 1 atom stereocenters. The highest BCUT2D eigenvalue weighted by atomic mass is 16.5. The number of amides is 3. The van der Waals surface area contributed by atoms with Gasteiger partial charge in [0.1, 0.15) is 11.8 Å². The molecule has 3 amide bonds. The van der Waals surface area contributed by atoms with E-state index < -0.39 is 30.4 Å². The lowest BCUT2D eigenvalue weighted by atomic mass is 10.2. The number of aliphatic carboxylic acids is 1. The number of aryl methyl sites for hydroxylation is 1. The number of carboxylic acid groups (broad SMARTS) is 1. The highest BCUT2D eigenvalue weighted by Crippen LogP contribution is 2.21. The van der Waals surface area contributed by atoms with E-state index in [-0.39, 0.29) is 0 Å². The maximum Gasteiger partial charge on any atom is 0.326 e. The van der Waals surface area contributed by atoms with Gasteiger partial charge in [-0.1, -0.05) is 0 Å². The normalized spacial score (nSPS) is 11.3. The Labute approximate surface area is 121 Å². The number of anilines is 1. The van der Waals surface area contributed by atoms with E-state index in [1.807, 2.05) is 0 Å². The van der Waals surface area contributed by atoms with E-state index in [0.29, 0.717) is 11.4 Å². The van der Waals surface area contributed by atoms with Crippen LogP contribution in [-0.2, 0) is 9.59 Å². The van der Waals surface area contributed by atoms with Crippen LogP contribution in [0.15, 0.2) is 18.2 Å². The van der Waals surface area contributed by atoms with Crippen LogP contribution in [0.2, 0.25) is 0 Å². The van der Waals surface area contributed by atoms with E-state index in [1.54, 1.807) is 25.1 Å². The fourth-order valence-corrected chi connectivity index (χ4v) is 1.68. The lowest BCUT2D eigenvalue weighted by Crippen LogP contribution is -2.45. The van der Waals surface area contributed by atoms with Gasteiger partial charge in [0.05, 0.1) is 13.5 Å². The molecule has 21 heavy (non-hydrogen) atoms. The standard InChI is InChI=1S/C13H17N3O5/c1-7-5-8(3-4-10(7)21-2)15-13(20)16-9(12(18)19)6-11(14)17/h3-5,9H,6H2,1-2H3,(H2,14,17)(H,18,19)(H2,15,16,20). The Morgan fingerprint density at radius 2 is 2.05 bits per heavy atom. The summed E-state index contributed by atoms with van der Waals surface area (Å²) >= 11 is 0. The van der Waals surface area contributed by atoms with Crippen LogP contribution in [0.4, 0.5) is 10.5 Å². The Morgan fingerprint density at radius 1 is 1.38 bits per heavy atom. The molecule has 0 aliphatic rings. The van der Waals surface area contributed by atoms with Crippen LogP contribution < -0.4 is 21.1 Å². The molecule has 0 bridgehead atoms. The number of carbonyl (C=O) groups excluding carboxylic acids is 2. The summed E-state index contributed by atoms with van der Waals surface area (Å²) in [7, 11) is 1.53. The number of carbonyl (C=O) groups is 3. The number of methoxy groups -OCH3 is 1. The third kappa shape index (κ3) is 5.01. The molecule has 0 saturated heterocycles. The van der Waals surface area contributed by atoms with Crippen molar-refractivity contribution < 1.29 is 24.2 Å². The first-order valence-corrected chi connectivity index (χ1v) is 6.06. The van der Waals surface area contributed by atoms with Crippen LogP contribution in [-0.4, -0.2) is 36.2 Å². The Bertz CT molecular complexity index is 559. The van der Waals surface area contributed by atoms with Crippen molar-refractivity contribution in [2.45, 2.75) is 19.4 Å². The Hall–Kier alpha value is -2.77. The minimum absolute atomic E-state index is 0.467. The molecule has 0 aliphatic heterocycles. The third-order valence-electron chi connectivity index (χ3n) is 2.66. The number of rotatable bonds is 6. The van der Waals surface area contributed by atoms with Crippen LogP contribution in [0.5, 0.6) is 5.75 Å². The largest absolute Gasteiger partial charge is 0.496 e. The maximum absolute atomic E-state index is 11.7. The molecule has 0 radical (unpaired) electrons. The molecule has 1 unspecified atom stereocenters. The van der Waals surface area contributed by atoms with Crippen molar-refractivity contribution in [3.8, 4) is 5.75 Å². The van der Waals surface area contributed by atoms with Gasteiger partial charge in [-0.3, -0.25) is 4.79 Å². The number of nitrogens with one attached hydrogen (secondary N) is 2. The van der Waals surface area contributed by atoms with Crippen molar-refractivity contribution in [2.24, 2.45) is 5.73 Å². The van der Waals surface area contributed by atoms with Gasteiger partial charge < -0.3 is 26.2 Å². The smallest absolute Gasteiger partial charge is 0.326 e. The third-order valence-corrected chi connectivity index (χ3v) is 2.66. The molecule has 0 saturated carbocycles. The summed E-state index contributed by atoms with van der Waals surface area (Å²) in [5.41, 5.74) is 6.20.